The quantitative estimate of drug-likeness (QED) is 0.658. The molecule has 3 heteroatoms. The first-order valence-corrected chi connectivity index (χ1v) is 11.3. The van der Waals surface area contributed by atoms with E-state index in [1.807, 2.05) is 0 Å². The maximum absolute atomic E-state index is 11.0. The normalized spacial score (nSPS) is 49.8. The topological polar surface area (TPSA) is 57.5 Å². The van der Waals surface area contributed by atoms with Crippen molar-refractivity contribution in [1.82, 2.24) is 0 Å². The molecule has 4 rings (SSSR count). The minimum atomic E-state index is -0.661. The molecule has 9 atom stereocenters. The second-order valence-electron chi connectivity index (χ2n) is 10.8. The minimum absolute atomic E-state index is 0.0802. The molecule has 0 spiro atoms. The maximum atomic E-state index is 11.0. The Morgan fingerprint density at radius 1 is 1.19 bits per heavy atom. The van der Waals surface area contributed by atoms with Crippen LogP contribution in [0.2, 0.25) is 0 Å². The van der Waals surface area contributed by atoms with Crippen LogP contribution in [0, 0.1) is 46.3 Å². The molecule has 0 radical (unpaired) electrons. The van der Waals surface area contributed by atoms with Gasteiger partial charge in [-0.1, -0.05) is 32.9 Å². The molecule has 2 N–H and O–H groups in total. The second-order valence-corrected chi connectivity index (χ2v) is 10.8. The molecule has 152 valence electrons. The molecule has 0 bridgehead atoms. The van der Waals surface area contributed by atoms with Crippen molar-refractivity contribution in [2.45, 2.75) is 84.7 Å². The Balaban J connectivity index is 1.56. The Morgan fingerprint density at radius 2 is 1.96 bits per heavy atom. The van der Waals surface area contributed by atoms with Gasteiger partial charge in [0.05, 0.1) is 6.10 Å². The summed E-state index contributed by atoms with van der Waals surface area (Å²) >= 11 is 0. The molecule has 0 aliphatic heterocycles. The van der Waals surface area contributed by atoms with Crippen LogP contribution < -0.4 is 0 Å². The first-order chi connectivity index (χ1) is 12.8. The van der Waals surface area contributed by atoms with Crippen molar-refractivity contribution >= 4 is 5.97 Å². The summed E-state index contributed by atoms with van der Waals surface area (Å²) in [5.74, 6) is 3.35. The van der Waals surface area contributed by atoms with Crippen LogP contribution >= 0.6 is 0 Å². The van der Waals surface area contributed by atoms with Gasteiger partial charge in [-0.05, 0) is 97.7 Å². The number of carboxylic acid groups (broad SMARTS) is 1. The molecular weight excluding hydrogens is 336 g/mol. The van der Waals surface area contributed by atoms with Crippen molar-refractivity contribution in [3.8, 4) is 0 Å². The number of hydrogen-bond acceptors (Lipinski definition) is 2. The summed E-state index contributed by atoms with van der Waals surface area (Å²) in [6.45, 7) is 7.26. The highest BCUT2D eigenvalue weighted by Crippen LogP contribution is 2.66. The lowest BCUT2D eigenvalue weighted by molar-refractivity contribution is -0.137. The van der Waals surface area contributed by atoms with Crippen LogP contribution in [-0.4, -0.2) is 22.3 Å². The SMILES string of the molecule is C[C@H](CCC(=O)O)C1CCC2C3CC[C@H]4C[C@H](O)CCC4(C)C3C=CC21C. The molecule has 0 aromatic heterocycles. The van der Waals surface area contributed by atoms with Crippen molar-refractivity contribution in [2.75, 3.05) is 0 Å². The Morgan fingerprint density at radius 3 is 2.70 bits per heavy atom. The van der Waals surface area contributed by atoms with Crippen LogP contribution in [0.3, 0.4) is 0 Å². The van der Waals surface area contributed by atoms with Crippen LogP contribution in [-0.2, 0) is 4.79 Å². The van der Waals surface area contributed by atoms with Crippen LogP contribution in [0.25, 0.3) is 0 Å². The number of carboxylic acids is 1. The number of allylic oxidation sites excluding steroid dienone is 2. The predicted octanol–water partition coefficient (Wildman–Crippen LogP) is 5.28. The Labute approximate surface area is 164 Å². The first-order valence-electron chi connectivity index (χ1n) is 11.3. The summed E-state index contributed by atoms with van der Waals surface area (Å²) in [5.41, 5.74) is 0.615. The summed E-state index contributed by atoms with van der Waals surface area (Å²) in [4.78, 5) is 11.0. The number of aliphatic hydroxyl groups is 1. The van der Waals surface area contributed by atoms with Gasteiger partial charge >= 0.3 is 5.97 Å². The fourth-order valence-electron chi connectivity index (χ4n) is 8.10. The lowest BCUT2D eigenvalue weighted by Gasteiger charge is -2.58. The van der Waals surface area contributed by atoms with E-state index < -0.39 is 5.97 Å². The third-order valence-corrected chi connectivity index (χ3v) is 9.64. The van der Waals surface area contributed by atoms with Crippen molar-refractivity contribution < 1.29 is 15.0 Å². The standard InChI is InChI=1S/C24H38O3/c1-15(4-9-22(26)27)19-7-8-20-18-6-5-16-14-17(25)10-12-23(16,2)21(18)11-13-24(19,20)3/h11,13,15-21,25H,4-10,12,14H2,1-3H3,(H,26,27)/t15-,16+,17-,18?,19?,20?,21?,23?,24?/m1/s1. The largest absolute Gasteiger partial charge is 0.481 e. The highest BCUT2D eigenvalue weighted by Gasteiger charge is 2.58. The van der Waals surface area contributed by atoms with Crippen LogP contribution in [0.15, 0.2) is 12.2 Å². The van der Waals surface area contributed by atoms with Gasteiger partial charge in [-0.15, -0.1) is 0 Å². The lowest BCUT2D eigenvalue weighted by atomic mass is 9.46. The average molecular weight is 375 g/mol. The summed E-state index contributed by atoms with van der Waals surface area (Å²) in [6, 6.07) is 0. The van der Waals surface area contributed by atoms with E-state index in [1.54, 1.807) is 0 Å². The van der Waals surface area contributed by atoms with Crippen molar-refractivity contribution in [3.05, 3.63) is 12.2 Å². The monoisotopic (exact) mass is 374 g/mol. The molecular formula is C24H38O3. The van der Waals surface area contributed by atoms with Gasteiger partial charge in [-0.3, -0.25) is 4.79 Å². The highest BCUT2D eigenvalue weighted by atomic mass is 16.4. The van der Waals surface area contributed by atoms with Gasteiger partial charge in [-0.2, -0.15) is 0 Å². The zero-order chi connectivity index (χ0) is 19.4. The third-order valence-electron chi connectivity index (χ3n) is 9.64. The molecule has 3 saturated carbocycles. The maximum Gasteiger partial charge on any atom is 0.303 e. The predicted molar refractivity (Wildman–Crippen MR) is 107 cm³/mol. The molecule has 27 heavy (non-hydrogen) atoms. The van der Waals surface area contributed by atoms with Gasteiger partial charge in [0, 0.05) is 6.42 Å². The van der Waals surface area contributed by atoms with E-state index in [4.69, 9.17) is 5.11 Å². The van der Waals surface area contributed by atoms with E-state index in [0.717, 1.165) is 31.1 Å². The molecule has 3 fully saturated rings. The van der Waals surface area contributed by atoms with Gasteiger partial charge in [-0.25, -0.2) is 0 Å². The fraction of sp³-hybridized carbons (Fsp3) is 0.875. The Hall–Kier alpha value is -0.830. The molecule has 4 aliphatic rings. The smallest absolute Gasteiger partial charge is 0.303 e. The number of aliphatic carboxylic acids is 1. The van der Waals surface area contributed by atoms with Crippen LogP contribution in [0.1, 0.15) is 78.6 Å². The molecule has 0 heterocycles. The zero-order valence-corrected chi connectivity index (χ0v) is 17.4. The summed E-state index contributed by atoms with van der Waals surface area (Å²) in [7, 11) is 0. The average Bonchev–Trinajstić information content (AvgIpc) is 2.97. The van der Waals surface area contributed by atoms with Gasteiger partial charge in [0.15, 0.2) is 0 Å². The lowest BCUT2D eigenvalue weighted by Crippen LogP contribution is -2.52. The van der Waals surface area contributed by atoms with Crippen LogP contribution in [0.5, 0.6) is 0 Å². The molecule has 4 aliphatic carbocycles. The molecule has 6 unspecified atom stereocenters. The summed E-state index contributed by atoms with van der Waals surface area (Å²) < 4.78 is 0. The minimum Gasteiger partial charge on any atom is -0.481 e. The van der Waals surface area contributed by atoms with E-state index in [1.165, 1.54) is 32.1 Å². The first kappa shape index (κ1) is 19.5. The van der Waals surface area contributed by atoms with E-state index in [-0.39, 0.29) is 11.5 Å². The number of fused-ring (bicyclic) bond motifs is 5. The Kier molecular flexibility index (Phi) is 4.98. The zero-order valence-electron chi connectivity index (χ0n) is 17.4. The number of hydrogen-bond donors (Lipinski definition) is 2. The van der Waals surface area contributed by atoms with E-state index in [0.29, 0.717) is 35.5 Å². The van der Waals surface area contributed by atoms with E-state index in [2.05, 4.69) is 32.9 Å². The molecule has 0 aromatic rings. The number of carbonyl (C=O) groups is 1. The molecule has 0 saturated heterocycles. The molecule has 0 amide bonds. The molecule has 3 nitrogen and oxygen atoms in total. The third kappa shape index (κ3) is 3.09. The van der Waals surface area contributed by atoms with Crippen LogP contribution in [0.4, 0.5) is 0 Å². The Bertz CT molecular complexity index is 613. The van der Waals surface area contributed by atoms with E-state index >= 15 is 0 Å². The van der Waals surface area contributed by atoms with E-state index in [9.17, 15) is 9.90 Å². The van der Waals surface area contributed by atoms with Gasteiger partial charge in [0.2, 0.25) is 0 Å². The van der Waals surface area contributed by atoms with Crippen molar-refractivity contribution in [1.29, 1.82) is 0 Å². The summed E-state index contributed by atoms with van der Waals surface area (Å²) in [5, 5.41) is 19.3. The second kappa shape index (κ2) is 6.90. The summed E-state index contributed by atoms with van der Waals surface area (Å²) in [6.07, 6.45) is 14.5. The van der Waals surface area contributed by atoms with Gasteiger partial charge in [0.1, 0.15) is 0 Å². The van der Waals surface area contributed by atoms with Gasteiger partial charge < -0.3 is 10.2 Å². The number of aliphatic hydroxyl groups excluding tert-OH is 1. The highest BCUT2D eigenvalue weighted by molar-refractivity contribution is 5.66. The number of rotatable bonds is 4. The fourth-order valence-corrected chi connectivity index (χ4v) is 8.10. The van der Waals surface area contributed by atoms with Gasteiger partial charge in [0.25, 0.3) is 0 Å². The van der Waals surface area contributed by atoms with Crippen molar-refractivity contribution in [3.63, 3.8) is 0 Å². The van der Waals surface area contributed by atoms with Crippen molar-refractivity contribution in [2.24, 2.45) is 46.3 Å². The molecule has 0 aromatic carbocycles.